The van der Waals surface area contributed by atoms with Crippen molar-refractivity contribution in [2.45, 2.75) is 296 Å². The molecule has 6 heteroatoms. The first-order valence-electron chi connectivity index (χ1n) is 26.1. The summed E-state index contributed by atoms with van der Waals surface area (Å²) in [7, 11) is 0. The second-order valence-corrected chi connectivity index (χ2v) is 17.9. The van der Waals surface area contributed by atoms with E-state index in [2.05, 4.69) is 44.3 Å². The summed E-state index contributed by atoms with van der Waals surface area (Å²) >= 11 is 0. The first-order chi connectivity index (χ1) is 29.0. The number of hydrogen-bond acceptors (Lipinski definition) is 5. The number of rotatable bonds is 47. The van der Waals surface area contributed by atoms with Gasteiger partial charge in [0.2, 0.25) is 5.91 Å². The summed E-state index contributed by atoms with van der Waals surface area (Å²) in [4.78, 5) is 26.0. The van der Waals surface area contributed by atoms with Gasteiger partial charge >= 0.3 is 5.97 Å². The van der Waals surface area contributed by atoms with E-state index in [0.717, 1.165) is 44.9 Å². The number of carbonyl (C=O) groups is 2. The van der Waals surface area contributed by atoms with E-state index in [1.165, 1.54) is 180 Å². The SMILES string of the molecule is CCCCCCCC/C=C\C/C=C/CCC(=O)OC(CCCCCCCCCCCC)CC(=O)NC(CO)C(O)CCCCCCCCCCCCCCCCCCC. The van der Waals surface area contributed by atoms with Gasteiger partial charge in [0.15, 0.2) is 0 Å². The quantitative estimate of drug-likeness (QED) is 0.0322. The predicted molar refractivity (Wildman–Crippen MR) is 255 cm³/mol. The molecule has 0 saturated carbocycles. The number of ether oxygens (including phenoxy) is 1. The van der Waals surface area contributed by atoms with Crippen LogP contribution in [-0.4, -0.2) is 46.9 Å². The number of allylic oxidation sites excluding steroid dienone is 4. The summed E-state index contributed by atoms with van der Waals surface area (Å²) in [5.41, 5.74) is 0. The van der Waals surface area contributed by atoms with Gasteiger partial charge < -0.3 is 20.3 Å². The lowest BCUT2D eigenvalue weighted by atomic mass is 10.0. The third-order valence-corrected chi connectivity index (χ3v) is 12.0. The van der Waals surface area contributed by atoms with Crippen molar-refractivity contribution in [1.29, 1.82) is 0 Å². The highest BCUT2D eigenvalue weighted by atomic mass is 16.5. The highest BCUT2D eigenvalue weighted by Crippen LogP contribution is 2.18. The molecule has 0 aromatic rings. The first-order valence-corrected chi connectivity index (χ1v) is 26.1. The van der Waals surface area contributed by atoms with Gasteiger partial charge in [-0.2, -0.15) is 0 Å². The van der Waals surface area contributed by atoms with Crippen molar-refractivity contribution < 1.29 is 24.5 Å². The molecule has 0 aromatic carbocycles. The van der Waals surface area contributed by atoms with Gasteiger partial charge in [0.1, 0.15) is 6.10 Å². The van der Waals surface area contributed by atoms with Crippen molar-refractivity contribution in [3.05, 3.63) is 24.3 Å². The third kappa shape index (κ3) is 42.8. The van der Waals surface area contributed by atoms with Crippen molar-refractivity contribution in [2.75, 3.05) is 6.61 Å². The molecular formula is C53H101NO5. The molecule has 3 unspecified atom stereocenters. The minimum absolute atomic E-state index is 0.0603. The number of hydrogen-bond donors (Lipinski definition) is 3. The molecule has 0 fully saturated rings. The Hall–Kier alpha value is -1.66. The normalized spacial score (nSPS) is 13.4. The zero-order valence-electron chi connectivity index (χ0n) is 39.7. The molecule has 0 aromatic heterocycles. The third-order valence-electron chi connectivity index (χ3n) is 12.0. The van der Waals surface area contributed by atoms with Gasteiger partial charge in [0.05, 0.1) is 25.2 Å². The lowest BCUT2D eigenvalue weighted by molar-refractivity contribution is -0.150. The Balaban J connectivity index is 4.48. The summed E-state index contributed by atoms with van der Waals surface area (Å²) in [5.74, 6) is -0.543. The van der Waals surface area contributed by atoms with Crippen molar-refractivity contribution in [3.63, 3.8) is 0 Å². The van der Waals surface area contributed by atoms with Gasteiger partial charge in [0.25, 0.3) is 0 Å². The molecule has 3 atom stereocenters. The first kappa shape index (κ1) is 57.3. The van der Waals surface area contributed by atoms with Crippen LogP contribution in [0.2, 0.25) is 0 Å². The van der Waals surface area contributed by atoms with E-state index < -0.39 is 18.2 Å². The van der Waals surface area contributed by atoms with Gasteiger partial charge in [-0.05, 0) is 44.9 Å². The van der Waals surface area contributed by atoms with Crippen molar-refractivity contribution in [1.82, 2.24) is 5.32 Å². The molecule has 1 amide bonds. The van der Waals surface area contributed by atoms with Gasteiger partial charge in [0, 0.05) is 6.42 Å². The molecule has 0 aliphatic rings. The molecule has 0 aliphatic carbocycles. The Labute approximate surface area is 367 Å². The standard InChI is InChI=1S/C53H101NO5/c1-4-7-10-13-16-19-22-24-25-26-27-29-30-33-36-39-42-45-51(56)50(48-55)54-52(57)47-49(44-41-38-35-32-21-18-15-12-9-6-3)59-53(58)46-43-40-37-34-31-28-23-20-17-14-11-8-5-2/h28,31,37,40,49-51,55-56H,4-27,29-30,32-36,38-39,41-48H2,1-3H3,(H,54,57)/b31-28-,40-37+. The van der Waals surface area contributed by atoms with Crippen LogP contribution in [0.25, 0.3) is 0 Å². The molecule has 0 spiro atoms. The highest BCUT2D eigenvalue weighted by Gasteiger charge is 2.24. The van der Waals surface area contributed by atoms with Gasteiger partial charge in [-0.25, -0.2) is 0 Å². The number of aliphatic hydroxyl groups excluding tert-OH is 2. The lowest BCUT2D eigenvalue weighted by Crippen LogP contribution is -2.46. The van der Waals surface area contributed by atoms with E-state index >= 15 is 0 Å². The maximum absolute atomic E-state index is 13.2. The fourth-order valence-corrected chi connectivity index (χ4v) is 8.07. The molecule has 0 saturated heterocycles. The highest BCUT2D eigenvalue weighted by molar-refractivity contribution is 5.77. The van der Waals surface area contributed by atoms with Crippen LogP contribution >= 0.6 is 0 Å². The Morgan fingerprint density at radius 1 is 0.492 bits per heavy atom. The topological polar surface area (TPSA) is 95.9 Å². The van der Waals surface area contributed by atoms with Crippen LogP contribution in [-0.2, 0) is 14.3 Å². The minimum atomic E-state index is -0.791. The van der Waals surface area contributed by atoms with E-state index in [1.807, 2.05) is 6.08 Å². The maximum Gasteiger partial charge on any atom is 0.306 e. The fraction of sp³-hybridized carbons (Fsp3) is 0.887. The number of nitrogens with one attached hydrogen (secondary N) is 1. The monoisotopic (exact) mass is 832 g/mol. The second-order valence-electron chi connectivity index (χ2n) is 17.9. The summed E-state index contributed by atoms with van der Waals surface area (Å²) in [6.07, 6.45) is 53.9. The Bertz CT molecular complexity index is 935. The minimum Gasteiger partial charge on any atom is -0.462 e. The molecule has 6 nitrogen and oxygen atoms in total. The number of unbranched alkanes of at least 4 members (excludes halogenated alkanes) is 31. The van der Waals surface area contributed by atoms with Crippen LogP contribution in [0.1, 0.15) is 278 Å². The summed E-state index contributed by atoms with van der Waals surface area (Å²) in [5, 5.41) is 23.8. The van der Waals surface area contributed by atoms with Crippen LogP contribution in [0, 0.1) is 0 Å². The Kier molecular flexibility index (Phi) is 46.1. The van der Waals surface area contributed by atoms with Crippen LogP contribution < -0.4 is 5.32 Å². The molecule has 3 N–H and O–H groups in total. The van der Waals surface area contributed by atoms with Crippen molar-refractivity contribution >= 4 is 11.9 Å². The summed E-state index contributed by atoms with van der Waals surface area (Å²) < 4.78 is 5.88. The van der Waals surface area contributed by atoms with Crippen LogP contribution in [0.3, 0.4) is 0 Å². The summed E-state index contributed by atoms with van der Waals surface area (Å²) in [6, 6.07) is -0.706. The van der Waals surface area contributed by atoms with Crippen LogP contribution in [0.5, 0.6) is 0 Å². The maximum atomic E-state index is 13.2. The van der Waals surface area contributed by atoms with Gasteiger partial charge in [-0.15, -0.1) is 0 Å². The molecule has 0 radical (unpaired) electrons. The van der Waals surface area contributed by atoms with E-state index in [-0.39, 0.29) is 24.9 Å². The second kappa shape index (κ2) is 47.4. The molecule has 348 valence electrons. The number of esters is 1. The van der Waals surface area contributed by atoms with Gasteiger partial charge in [-0.3, -0.25) is 9.59 Å². The van der Waals surface area contributed by atoms with Crippen LogP contribution in [0.15, 0.2) is 24.3 Å². The van der Waals surface area contributed by atoms with E-state index in [0.29, 0.717) is 25.7 Å². The Morgan fingerprint density at radius 3 is 1.29 bits per heavy atom. The van der Waals surface area contributed by atoms with E-state index in [4.69, 9.17) is 4.74 Å². The van der Waals surface area contributed by atoms with Crippen molar-refractivity contribution in [2.24, 2.45) is 0 Å². The fourth-order valence-electron chi connectivity index (χ4n) is 8.07. The lowest BCUT2D eigenvalue weighted by Gasteiger charge is -2.24. The number of carbonyl (C=O) groups excluding carboxylic acids is 2. The van der Waals surface area contributed by atoms with E-state index in [9.17, 15) is 19.8 Å². The average molecular weight is 832 g/mol. The smallest absolute Gasteiger partial charge is 0.306 e. The molecule has 59 heavy (non-hydrogen) atoms. The average Bonchev–Trinajstić information content (AvgIpc) is 3.23. The molecule has 0 heterocycles. The van der Waals surface area contributed by atoms with Crippen molar-refractivity contribution in [3.8, 4) is 0 Å². The molecule has 0 rings (SSSR count). The number of amides is 1. The van der Waals surface area contributed by atoms with E-state index in [1.54, 1.807) is 0 Å². The largest absolute Gasteiger partial charge is 0.462 e. The zero-order chi connectivity index (χ0) is 43.1. The Morgan fingerprint density at radius 2 is 0.864 bits per heavy atom. The van der Waals surface area contributed by atoms with Gasteiger partial charge in [-0.1, -0.05) is 244 Å². The predicted octanol–water partition coefficient (Wildman–Crippen LogP) is 15.5. The summed E-state index contributed by atoms with van der Waals surface area (Å²) in [6.45, 7) is 6.47. The van der Waals surface area contributed by atoms with Crippen LogP contribution in [0.4, 0.5) is 0 Å². The molecule has 0 bridgehead atoms. The molecular weight excluding hydrogens is 731 g/mol. The number of aliphatic hydroxyl groups is 2. The zero-order valence-corrected chi connectivity index (χ0v) is 39.7. The molecule has 0 aliphatic heterocycles.